The standard InChI is InChI=1S/C17H26F2N4O/c1-21-8-9-22(2)15(12-21)10-20-17(24)23(13-16(18)19)11-14-6-4-3-5-7-14/h3-7,15-16H,8-13H2,1-2H3,(H,20,24)/t15-/m0/s1. The van der Waals surface area contributed by atoms with Gasteiger partial charge >= 0.3 is 6.03 Å². The van der Waals surface area contributed by atoms with Crippen LogP contribution in [0.2, 0.25) is 0 Å². The van der Waals surface area contributed by atoms with Crippen LogP contribution in [0.4, 0.5) is 13.6 Å². The van der Waals surface area contributed by atoms with Crippen LogP contribution in [-0.4, -0.2) is 80.0 Å². The Morgan fingerprint density at radius 3 is 2.67 bits per heavy atom. The molecular formula is C17H26F2N4O. The number of hydrogen-bond acceptors (Lipinski definition) is 3. The molecule has 1 N–H and O–H groups in total. The van der Waals surface area contributed by atoms with Gasteiger partial charge in [0.15, 0.2) is 0 Å². The van der Waals surface area contributed by atoms with Gasteiger partial charge < -0.3 is 15.1 Å². The summed E-state index contributed by atoms with van der Waals surface area (Å²) in [7, 11) is 4.06. The first-order chi connectivity index (χ1) is 11.5. The van der Waals surface area contributed by atoms with Crippen LogP contribution in [0.25, 0.3) is 0 Å². The first kappa shape index (κ1) is 18.6. The van der Waals surface area contributed by atoms with Crippen molar-refractivity contribution in [2.45, 2.75) is 19.0 Å². The smallest absolute Gasteiger partial charge is 0.317 e. The molecule has 0 bridgehead atoms. The minimum Gasteiger partial charge on any atom is -0.336 e. The van der Waals surface area contributed by atoms with E-state index in [1.165, 1.54) is 4.90 Å². The van der Waals surface area contributed by atoms with Crippen molar-refractivity contribution < 1.29 is 13.6 Å². The number of amides is 2. The summed E-state index contributed by atoms with van der Waals surface area (Å²) in [6, 6.07) is 8.93. The number of alkyl halides is 2. The summed E-state index contributed by atoms with van der Waals surface area (Å²) >= 11 is 0. The Balaban J connectivity index is 1.92. The van der Waals surface area contributed by atoms with Gasteiger partial charge in [0, 0.05) is 38.8 Å². The maximum atomic E-state index is 12.8. The van der Waals surface area contributed by atoms with E-state index in [0.717, 1.165) is 25.2 Å². The molecule has 1 aliphatic rings. The quantitative estimate of drug-likeness (QED) is 0.857. The lowest BCUT2D eigenvalue weighted by atomic mass is 10.2. The minimum atomic E-state index is -2.55. The van der Waals surface area contributed by atoms with Crippen molar-refractivity contribution in [2.24, 2.45) is 0 Å². The molecule has 134 valence electrons. The van der Waals surface area contributed by atoms with Gasteiger partial charge in [-0.05, 0) is 19.7 Å². The van der Waals surface area contributed by atoms with Crippen molar-refractivity contribution in [3.05, 3.63) is 35.9 Å². The minimum absolute atomic E-state index is 0.178. The molecule has 1 heterocycles. The van der Waals surface area contributed by atoms with Crippen LogP contribution in [0.15, 0.2) is 30.3 Å². The second kappa shape index (κ2) is 8.94. The zero-order valence-corrected chi connectivity index (χ0v) is 14.3. The number of carbonyl (C=O) groups is 1. The molecule has 1 aliphatic heterocycles. The number of halogens is 2. The second-order valence-electron chi connectivity index (χ2n) is 6.34. The summed E-state index contributed by atoms with van der Waals surface area (Å²) in [6.45, 7) is 2.84. The zero-order valence-electron chi connectivity index (χ0n) is 14.3. The Labute approximate surface area is 142 Å². The molecule has 0 saturated carbocycles. The number of nitrogens with zero attached hydrogens (tertiary/aromatic N) is 3. The maximum absolute atomic E-state index is 12.8. The average Bonchev–Trinajstić information content (AvgIpc) is 2.55. The highest BCUT2D eigenvalue weighted by molar-refractivity contribution is 5.74. The molecule has 1 aromatic rings. The zero-order chi connectivity index (χ0) is 17.5. The molecule has 0 aromatic heterocycles. The van der Waals surface area contributed by atoms with Crippen molar-refractivity contribution in [2.75, 3.05) is 46.8 Å². The van der Waals surface area contributed by atoms with Gasteiger partial charge in [0.1, 0.15) is 0 Å². The molecule has 1 atom stereocenters. The predicted octanol–water partition coefficient (Wildman–Crippen LogP) is 1.71. The third kappa shape index (κ3) is 5.72. The molecular weight excluding hydrogens is 314 g/mol. The van der Waals surface area contributed by atoms with Gasteiger partial charge in [0.25, 0.3) is 6.43 Å². The third-order valence-electron chi connectivity index (χ3n) is 4.33. The Hall–Kier alpha value is -1.73. The van der Waals surface area contributed by atoms with Gasteiger partial charge in [-0.2, -0.15) is 0 Å². The third-order valence-corrected chi connectivity index (χ3v) is 4.33. The number of likely N-dealkylation sites (N-methyl/N-ethyl adjacent to an activating group) is 2. The van der Waals surface area contributed by atoms with E-state index in [0.29, 0.717) is 6.54 Å². The molecule has 0 radical (unpaired) electrons. The highest BCUT2D eigenvalue weighted by Gasteiger charge is 2.24. The molecule has 0 aliphatic carbocycles. The molecule has 0 unspecified atom stereocenters. The fraction of sp³-hybridized carbons (Fsp3) is 0.588. The normalized spacial score (nSPS) is 19.5. The second-order valence-corrected chi connectivity index (χ2v) is 6.34. The van der Waals surface area contributed by atoms with Gasteiger partial charge in [-0.15, -0.1) is 0 Å². The number of piperazine rings is 1. The lowest BCUT2D eigenvalue weighted by Crippen LogP contribution is -2.55. The number of urea groups is 1. The van der Waals surface area contributed by atoms with Crippen molar-refractivity contribution in [3.8, 4) is 0 Å². The van der Waals surface area contributed by atoms with E-state index < -0.39 is 19.0 Å². The Morgan fingerprint density at radius 1 is 1.29 bits per heavy atom. The van der Waals surface area contributed by atoms with E-state index in [4.69, 9.17) is 0 Å². The van der Waals surface area contributed by atoms with Gasteiger partial charge in [-0.25, -0.2) is 13.6 Å². The largest absolute Gasteiger partial charge is 0.336 e. The van der Waals surface area contributed by atoms with Crippen molar-refractivity contribution in [3.63, 3.8) is 0 Å². The maximum Gasteiger partial charge on any atom is 0.317 e. The first-order valence-corrected chi connectivity index (χ1v) is 8.19. The van der Waals surface area contributed by atoms with Crippen LogP contribution < -0.4 is 5.32 Å². The van der Waals surface area contributed by atoms with Crippen molar-refractivity contribution in [1.82, 2.24) is 20.0 Å². The van der Waals surface area contributed by atoms with Crippen LogP contribution in [-0.2, 0) is 6.54 Å². The summed E-state index contributed by atoms with van der Waals surface area (Å²) < 4.78 is 25.6. The average molecular weight is 340 g/mol. The summed E-state index contributed by atoms with van der Waals surface area (Å²) in [6.07, 6.45) is -2.55. The Bertz CT molecular complexity index is 515. The number of nitrogens with one attached hydrogen (secondary N) is 1. The molecule has 5 nitrogen and oxygen atoms in total. The van der Waals surface area contributed by atoms with E-state index in [1.54, 1.807) is 0 Å². The van der Waals surface area contributed by atoms with Crippen LogP contribution in [0.1, 0.15) is 5.56 Å². The van der Waals surface area contributed by atoms with Crippen molar-refractivity contribution >= 4 is 6.03 Å². The summed E-state index contributed by atoms with van der Waals surface area (Å²) in [5.74, 6) is 0. The summed E-state index contributed by atoms with van der Waals surface area (Å²) in [5, 5.41) is 2.81. The number of benzene rings is 1. The fourth-order valence-corrected chi connectivity index (χ4v) is 2.83. The molecule has 1 fully saturated rings. The van der Waals surface area contributed by atoms with E-state index in [-0.39, 0.29) is 12.6 Å². The summed E-state index contributed by atoms with van der Waals surface area (Å²) in [4.78, 5) is 17.9. The molecule has 2 amide bonds. The van der Waals surface area contributed by atoms with Gasteiger partial charge in [-0.3, -0.25) is 4.90 Å². The SMILES string of the molecule is CN1CCN(C)[C@@H](CNC(=O)N(Cc2ccccc2)CC(F)F)C1. The van der Waals surface area contributed by atoms with Crippen LogP contribution in [0.5, 0.6) is 0 Å². The Morgan fingerprint density at radius 2 is 2.00 bits per heavy atom. The highest BCUT2D eigenvalue weighted by atomic mass is 19.3. The highest BCUT2D eigenvalue weighted by Crippen LogP contribution is 2.09. The summed E-state index contributed by atoms with van der Waals surface area (Å²) in [5.41, 5.74) is 0.836. The van der Waals surface area contributed by atoms with Crippen LogP contribution in [0, 0.1) is 0 Å². The van der Waals surface area contributed by atoms with E-state index >= 15 is 0 Å². The van der Waals surface area contributed by atoms with Crippen LogP contribution in [0.3, 0.4) is 0 Å². The van der Waals surface area contributed by atoms with E-state index in [1.807, 2.05) is 44.4 Å². The molecule has 1 saturated heterocycles. The van der Waals surface area contributed by atoms with Gasteiger partial charge in [0.05, 0.1) is 6.54 Å². The molecule has 2 rings (SSSR count). The van der Waals surface area contributed by atoms with Gasteiger partial charge in [-0.1, -0.05) is 30.3 Å². The fourth-order valence-electron chi connectivity index (χ4n) is 2.83. The first-order valence-electron chi connectivity index (χ1n) is 8.19. The lowest BCUT2D eigenvalue weighted by molar-refractivity contribution is 0.0907. The van der Waals surface area contributed by atoms with Crippen LogP contribution >= 0.6 is 0 Å². The monoisotopic (exact) mass is 340 g/mol. The molecule has 0 spiro atoms. The Kier molecular flexibility index (Phi) is 6.93. The van der Waals surface area contributed by atoms with Gasteiger partial charge in [0.2, 0.25) is 0 Å². The molecule has 7 heteroatoms. The number of rotatable bonds is 6. The topological polar surface area (TPSA) is 38.8 Å². The molecule has 1 aromatic carbocycles. The van der Waals surface area contributed by atoms with E-state index in [2.05, 4.69) is 15.1 Å². The number of hydrogen-bond donors (Lipinski definition) is 1. The van der Waals surface area contributed by atoms with E-state index in [9.17, 15) is 13.6 Å². The molecule has 24 heavy (non-hydrogen) atoms. The number of carbonyl (C=O) groups excluding carboxylic acids is 1. The lowest BCUT2D eigenvalue weighted by Gasteiger charge is -2.38. The predicted molar refractivity (Wildman–Crippen MR) is 90.2 cm³/mol. The van der Waals surface area contributed by atoms with Crippen molar-refractivity contribution in [1.29, 1.82) is 0 Å².